The Morgan fingerprint density at radius 1 is 0.667 bits per heavy atom. The van der Waals surface area contributed by atoms with Crippen molar-refractivity contribution in [3.63, 3.8) is 0 Å². The van der Waals surface area contributed by atoms with Crippen LogP contribution in [0.3, 0.4) is 0 Å². The highest BCUT2D eigenvalue weighted by atomic mass is 35.5. The average Bonchev–Trinajstić information content (AvgIpc) is 2.94. The van der Waals surface area contributed by atoms with Crippen LogP contribution in [0.5, 0.6) is 0 Å². The van der Waals surface area contributed by atoms with Crippen LogP contribution < -0.4 is 10.6 Å². The highest BCUT2D eigenvalue weighted by Gasteiger charge is 2.23. The lowest BCUT2D eigenvalue weighted by atomic mass is 10.1. The maximum atomic E-state index is 6.56. The van der Waals surface area contributed by atoms with Gasteiger partial charge in [0.1, 0.15) is 0 Å². The third kappa shape index (κ3) is 5.76. The van der Waals surface area contributed by atoms with E-state index in [4.69, 9.17) is 27.9 Å². The topological polar surface area (TPSA) is 12.5 Å². The second-order valence-electron chi connectivity index (χ2n) is 8.42. The number of benzene rings is 4. The van der Waals surface area contributed by atoms with E-state index in [0.29, 0.717) is 23.3 Å². The summed E-state index contributed by atoms with van der Waals surface area (Å²) >= 11 is 12.9. The molecule has 0 bridgehead atoms. The summed E-state index contributed by atoms with van der Waals surface area (Å²) in [6.07, 6.45) is 0. The van der Waals surface area contributed by atoms with Gasteiger partial charge in [-0.2, -0.15) is 0 Å². The van der Waals surface area contributed by atoms with E-state index in [1.165, 1.54) is 10.6 Å². The monoisotopic (exact) mass is 529 g/mol. The van der Waals surface area contributed by atoms with Gasteiger partial charge in [-0.15, -0.1) is 0 Å². The quantitative estimate of drug-likeness (QED) is 0.190. The molecule has 4 aromatic carbocycles. The number of halogens is 2. The maximum Gasteiger partial charge on any atom is 0.0881 e. The Kier molecular flexibility index (Phi) is 8.24. The summed E-state index contributed by atoms with van der Waals surface area (Å²) in [6, 6.07) is 37.7. The van der Waals surface area contributed by atoms with E-state index in [1.54, 1.807) is 0 Å². The molecular formula is C31H26Cl2NOP. The molecular weight excluding hydrogens is 504 g/mol. The Bertz CT molecular complexity index is 1320. The number of ether oxygens (including phenoxy) is 1. The molecule has 0 aromatic heterocycles. The van der Waals surface area contributed by atoms with Crippen LogP contribution in [0.25, 0.3) is 11.0 Å². The normalized spacial score (nSPS) is 13.4. The molecule has 0 unspecified atom stereocenters. The van der Waals surface area contributed by atoms with Crippen molar-refractivity contribution in [2.75, 3.05) is 26.3 Å². The van der Waals surface area contributed by atoms with Crippen molar-refractivity contribution >= 4 is 52.7 Å². The van der Waals surface area contributed by atoms with Gasteiger partial charge >= 0.3 is 0 Å². The summed E-state index contributed by atoms with van der Waals surface area (Å²) < 4.78 is 5.67. The van der Waals surface area contributed by atoms with Crippen LogP contribution in [0.1, 0.15) is 11.1 Å². The van der Waals surface area contributed by atoms with Gasteiger partial charge in [-0.3, -0.25) is 0 Å². The first-order valence-electron chi connectivity index (χ1n) is 12.0. The molecule has 1 aliphatic rings. The maximum absolute atomic E-state index is 6.56. The lowest BCUT2D eigenvalue weighted by Gasteiger charge is -2.30. The Hall–Kier alpha value is -2.83. The number of rotatable bonds is 6. The minimum absolute atomic E-state index is 0.539. The molecule has 1 heterocycles. The third-order valence-electron chi connectivity index (χ3n) is 6.06. The molecule has 1 fully saturated rings. The van der Waals surface area contributed by atoms with Gasteiger partial charge in [-0.25, -0.2) is 0 Å². The molecule has 5 rings (SSSR count). The zero-order valence-electron chi connectivity index (χ0n) is 19.8. The van der Waals surface area contributed by atoms with Crippen molar-refractivity contribution in [1.29, 1.82) is 0 Å². The SMILES string of the molecule is Clc1ccc(C(=C=C(c2ccccc2)N2CCOCC2)P(c2ccccc2)c2ccccc2)cc1Cl. The van der Waals surface area contributed by atoms with Crippen molar-refractivity contribution < 1.29 is 4.74 Å². The van der Waals surface area contributed by atoms with Crippen LogP contribution in [0, 0.1) is 0 Å². The van der Waals surface area contributed by atoms with Crippen molar-refractivity contribution in [2.45, 2.75) is 0 Å². The number of hydrogen-bond acceptors (Lipinski definition) is 2. The van der Waals surface area contributed by atoms with E-state index >= 15 is 0 Å². The number of hydrogen-bond donors (Lipinski definition) is 0. The van der Waals surface area contributed by atoms with Gasteiger partial charge in [-0.1, -0.05) is 126 Å². The van der Waals surface area contributed by atoms with Gasteiger partial charge in [0.05, 0.1) is 29.0 Å². The van der Waals surface area contributed by atoms with E-state index in [9.17, 15) is 0 Å². The summed E-state index contributed by atoms with van der Waals surface area (Å²) in [5.74, 6) is 0. The number of nitrogens with zero attached hydrogens (tertiary/aromatic N) is 1. The van der Waals surface area contributed by atoms with E-state index in [0.717, 1.165) is 35.2 Å². The van der Waals surface area contributed by atoms with Gasteiger partial charge in [0.15, 0.2) is 0 Å². The smallest absolute Gasteiger partial charge is 0.0881 e. The summed E-state index contributed by atoms with van der Waals surface area (Å²) in [5, 5.41) is 4.69. The molecule has 1 aliphatic heterocycles. The van der Waals surface area contributed by atoms with E-state index in [-0.39, 0.29) is 0 Å². The Morgan fingerprint density at radius 3 is 1.78 bits per heavy atom. The molecule has 180 valence electrons. The highest BCUT2D eigenvalue weighted by molar-refractivity contribution is 7.82. The molecule has 0 radical (unpaired) electrons. The van der Waals surface area contributed by atoms with E-state index in [1.807, 2.05) is 18.2 Å². The van der Waals surface area contributed by atoms with Gasteiger partial charge in [0, 0.05) is 24.0 Å². The molecule has 5 heteroatoms. The Balaban J connectivity index is 1.84. The van der Waals surface area contributed by atoms with Gasteiger partial charge < -0.3 is 9.64 Å². The zero-order chi connectivity index (χ0) is 24.7. The fraction of sp³-hybridized carbons (Fsp3) is 0.129. The largest absolute Gasteiger partial charge is 0.378 e. The predicted octanol–water partition coefficient (Wildman–Crippen LogP) is 7.44. The van der Waals surface area contributed by atoms with Gasteiger partial charge in [0.25, 0.3) is 0 Å². The standard InChI is InChI=1S/C31H26Cl2NOP/c32-28-17-16-25(22-29(28)33)31(36(26-12-6-2-7-13-26)27-14-8-3-9-15-27)23-30(24-10-4-1-5-11-24)34-18-20-35-21-19-34/h1-17,22H,18-21H2. The van der Waals surface area contributed by atoms with E-state index in [2.05, 4.69) is 102 Å². The first-order chi connectivity index (χ1) is 17.7. The van der Waals surface area contributed by atoms with E-state index < -0.39 is 7.92 Å². The molecule has 4 aromatic rings. The van der Waals surface area contributed by atoms with Crippen LogP contribution in [0.4, 0.5) is 0 Å². The molecule has 2 nitrogen and oxygen atoms in total. The average molecular weight is 530 g/mol. The zero-order valence-corrected chi connectivity index (χ0v) is 22.2. The van der Waals surface area contributed by atoms with Crippen LogP contribution in [-0.4, -0.2) is 31.2 Å². The van der Waals surface area contributed by atoms with Crippen molar-refractivity contribution in [3.8, 4) is 0 Å². The molecule has 36 heavy (non-hydrogen) atoms. The molecule has 1 saturated heterocycles. The summed E-state index contributed by atoms with van der Waals surface area (Å²) in [6.45, 7) is 3.04. The molecule has 0 amide bonds. The van der Waals surface area contributed by atoms with Crippen molar-refractivity contribution in [3.05, 3.63) is 136 Å². The van der Waals surface area contributed by atoms with Crippen LogP contribution in [0.2, 0.25) is 10.0 Å². The molecule has 0 atom stereocenters. The first-order valence-corrected chi connectivity index (χ1v) is 14.0. The molecule has 0 aliphatic carbocycles. The van der Waals surface area contributed by atoms with Crippen molar-refractivity contribution in [1.82, 2.24) is 4.90 Å². The van der Waals surface area contributed by atoms with Crippen molar-refractivity contribution in [2.24, 2.45) is 0 Å². The van der Waals surface area contributed by atoms with Gasteiger partial charge in [0.2, 0.25) is 0 Å². The van der Waals surface area contributed by atoms with Crippen LogP contribution in [-0.2, 0) is 4.74 Å². The van der Waals surface area contributed by atoms with Gasteiger partial charge in [-0.05, 0) is 36.2 Å². The van der Waals surface area contributed by atoms with Crippen LogP contribution >= 0.6 is 31.1 Å². The summed E-state index contributed by atoms with van der Waals surface area (Å²) in [4.78, 5) is 2.37. The number of morpholine rings is 1. The highest BCUT2D eigenvalue weighted by Crippen LogP contribution is 2.49. The lowest BCUT2D eigenvalue weighted by Crippen LogP contribution is -2.34. The summed E-state index contributed by atoms with van der Waals surface area (Å²) in [5.41, 5.74) is 7.15. The fourth-order valence-corrected chi connectivity index (χ4v) is 6.96. The first kappa shape index (κ1) is 24.8. The second-order valence-corrected chi connectivity index (χ2v) is 11.4. The summed E-state index contributed by atoms with van der Waals surface area (Å²) in [7, 11) is -0.931. The molecule has 0 saturated carbocycles. The molecule has 0 N–H and O–H groups in total. The van der Waals surface area contributed by atoms with Crippen LogP contribution in [0.15, 0.2) is 115 Å². The third-order valence-corrected chi connectivity index (χ3v) is 9.24. The fourth-order valence-electron chi connectivity index (χ4n) is 4.29. The molecule has 0 spiro atoms. The Labute approximate surface area is 224 Å². The lowest BCUT2D eigenvalue weighted by molar-refractivity contribution is 0.0640. The Morgan fingerprint density at radius 2 is 1.22 bits per heavy atom. The minimum atomic E-state index is -0.931. The minimum Gasteiger partial charge on any atom is -0.378 e. The second kappa shape index (κ2) is 11.9. The predicted molar refractivity (Wildman–Crippen MR) is 155 cm³/mol.